The summed E-state index contributed by atoms with van der Waals surface area (Å²) in [7, 11) is 0. The molecule has 2 N–H and O–H groups in total. The van der Waals surface area contributed by atoms with Gasteiger partial charge in [-0.2, -0.15) is 0 Å². The van der Waals surface area contributed by atoms with E-state index in [4.69, 9.17) is 0 Å². The fraction of sp³-hybridized carbons (Fsp3) is 0.273. The number of hydrogen-bond acceptors (Lipinski definition) is 4. The minimum Gasteiger partial charge on any atom is -0.509 e. The molecule has 168 valence electrons. The van der Waals surface area contributed by atoms with Gasteiger partial charge in [0.05, 0.1) is 16.6 Å². The van der Waals surface area contributed by atoms with Crippen molar-refractivity contribution >= 4 is 33.4 Å². The topological polar surface area (TPSA) is 72.9 Å². The highest BCUT2D eigenvalue weighted by Gasteiger charge is 2.52. The van der Waals surface area contributed by atoms with E-state index in [0.717, 1.165) is 12.1 Å². The van der Waals surface area contributed by atoms with Gasteiger partial charge in [-0.3, -0.25) is 14.6 Å². The largest absolute Gasteiger partial charge is 0.509 e. The Morgan fingerprint density at radius 1 is 1.22 bits per heavy atom. The van der Waals surface area contributed by atoms with Crippen LogP contribution in [0.1, 0.15) is 25.3 Å². The summed E-state index contributed by atoms with van der Waals surface area (Å²) >= 11 is 2.75. The van der Waals surface area contributed by atoms with Crippen molar-refractivity contribution in [3.63, 3.8) is 0 Å². The second-order valence-electron chi connectivity index (χ2n) is 7.92. The standard InChI is InChI=1S/C22H19BrF3N3O3/c1-22-6-3-7-29(22)28(11-12-4-2-5-13(24)8-12)21(32)17(19(22)30)20(31)27-14-9-15(25)18(23)16(26)10-14/h2,4-5,8-10,30H,3,6-7,11H2,1H3,(H,27,31)/t22-/m1/s1. The normalized spacial score (nSPS) is 21.2. The van der Waals surface area contributed by atoms with Gasteiger partial charge < -0.3 is 10.4 Å². The van der Waals surface area contributed by atoms with Crippen molar-refractivity contribution in [1.82, 2.24) is 10.0 Å². The van der Waals surface area contributed by atoms with Gasteiger partial charge in [-0.15, -0.1) is 0 Å². The summed E-state index contributed by atoms with van der Waals surface area (Å²) in [6.07, 6.45) is 1.13. The van der Waals surface area contributed by atoms with Crippen LogP contribution >= 0.6 is 15.9 Å². The van der Waals surface area contributed by atoms with Crippen molar-refractivity contribution in [1.29, 1.82) is 0 Å². The third kappa shape index (κ3) is 3.77. The first-order valence-corrected chi connectivity index (χ1v) is 10.6. The van der Waals surface area contributed by atoms with Crippen LogP contribution in [-0.4, -0.2) is 39.0 Å². The summed E-state index contributed by atoms with van der Waals surface area (Å²) in [5.74, 6) is -4.53. The molecule has 32 heavy (non-hydrogen) atoms. The Balaban J connectivity index is 1.70. The number of nitrogens with zero attached hydrogens (tertiary/aromatic N) is 2. The highest BCUT2D eigenvalue weighted by molar-refractivity contribution is 9.10. The lowest BCUT2D eigenvalue weighted by Crippen LogP contribution is -2.60. The number of aliphatic hydroxyl groups excluding tert-OH is 1. The van der Waals surface area contributed by atoms with Crippen LogP contribution in [0, 0.1) is 17.5 Å². The maximum absolute atomic E-state index is 13.8. The lowest BCUT2D eigenvalue weighted by Gasteiger charge is -2.46. The highest BCUT2D eigenvalue weighted by atomic mass is 79.9. The number of carbonyl (C=O) groups excluding carboxylic acids is 2. The SMILES string of the molecule is C[C@]12CCCN1N(Cc1cccc(F)c1)C(=O)C(C(=O)Nc1cc(F)c(Br)c(F)c1)=C2O. The maximum atomic E-state index is 13.8. The summed E-state index contributed by atoms with van der Waals surface area (Å²) in [4.78, 5) is 26.3. The molecule has 2 aromatic rings. The Morgan fingerprint density at radius 2 is 1.91 bits per heavy atom. The molecule has 6 nitrogen and oxygen atoms in total. The Hall–Kier alpha value is -2.85. The lowest BCUT2D eigenvalue weighted by atomic mass is 9.90. The smallest absolute Gasteiger partial charge is 0.277 e. The van der Waals surface area contributed by atoms with Crippen LogP contribution in [0.2, 0.25) is 0 Å². The van der Waals surface area contributed by atoms with E-state index in [-0.39, 0.29) is 16.7 Å². The minimum atomic E-state index is -1.02. The molecule has 0 spiro atoms. The summed E-state index contributed by atoms with van der Waals surface area (Å²) in [6.45, 7) is 2.14. The molecule has 2 aliphatic heterocycles. The average Bonchev–Trinajstić information content (AvgIpc) is 3.12. The summed E-state index contributed by atoms with van der Waals surface area (Å²) < 4.78 is 41.0. The molecular weight excluding hydrogens is 491 g/mol. The first-order chi connectivity index (χ1) is 15.1. The predicted molar refractivity (Wildman–Crippen MR) is 114 cm³/mol. The van der Waals surface area contributed by atoms with Gasteiger partial charge in [0.25, 0.3) is 11.8 Å². The van der Waals surface area contributed by atoms with Crippen LogP contribution in [0.25, 0.3) is 0 Å². The van der Waals surface area contributed by atoms with Crippen molar-refractivity contribution in [2.24, 2.45) is 0 Å². The molecule has 2 aliphatic rings. The number of aliphatic hydroxyl groups is 1. The molecule has 0 aromatic heterocycles. The number of anilines is 1. The van der Waals surface area contributed by atoms with Gasteiger partial charge >= 0.3 is 0 Å². The second kappa shape index (κ2) is 8.25. The quantitative estimate of drug-likeness (QED) is 0.472. The number of benzene rings is 2. The monoisotopic (exact) mass is 509 g/mol. The van der Waals surface area contributed by atoms with E-state index in [9.17, 15) is 27.9 Å². The summed E-state index contributed by atoms with van der Waals surface area (Å²) in [6, 6.07) is 7.51. The lowest BCUT2D eigenvalue weighted by molar-refractivity contribution is -0.160. The fourth-order valence-corrected chi connectivity index (χ4v) is 4.41. The molecule has 2 heterocycles. The van der Waals surface area contributed by atoms with Gasteiger partial charge in [-0.25, -0.2) is 18.2 Å². The van der Waals surface area contributed by atoms with E-state index < -0.39 is 46.1 Å². The van der Waals surface area contributed by atoms with Gasteiger partial charge in [0, 0.05) is 12.2 Å². The number of nitrogens with one attached hydrogen (secondary N) is 1. The summed E-state index contributed by atoms with van der Waals surface area (Å²) in [5, 5.41) is 16.2. The van der Waals surface area contributed by atoms with E-state index in [2.05, 4.69) is 21.2 Å². The number of fused-ring (bicyclic) bond motifs is 1. The molecule has 2 amide bonds. The minimum absolute atomic E-state index is 0.0161. The van der Waals surface area contributed by atoms with Crippen LogP contribution in [0.15, 0.2) is 52.2 Å². The second-order valence-corrected chi connectivity index (χ2v) is 8.72. The molecule has 4 rings (SSSR count). The van der Waals surface area contributed by atoms with Gasteiger partial charge in [-0.05, 0) is 65.5 Å². The molecule has 1 atom stereocenters. The van der Waals surface area contributed by atoms with Gasteiger partial charge in [0.2, 0.25) is 0 Å². The van der Waals surface area contributed by atoms with Crippen molar-refractivity contribution in [3.8, 4) is 0 Å². The molecule has 0 saturated carbocycles. The molecule has 0 unspecified atom stereocenters. The Morgan fingerprint density at radius 3 is 2.56 bits per heavy atom. The molecule has 0 radical (unpaired) electrons. The van der Waals surface area contributed by atoms with Crippen molar-refractivity contribution in [3.05, 3.63) is 75.2 Å². The zero-order valence-corrected chi connectivity index (χ0v) is 18.5. The molecule has 0 bridgehead atoms. The first-order valence-electron chi connectivity index (χ1n) is 9.85. The number of hydrazine groups is 1. The van der Waals surface area contributed by atoms with E-state index in [1.165, 1.54) is 23.2 Å². The van der Waals surface area contributed by atoms with Crippen molar-refractivity contribution in [2.45, 2.75) is 31.8 Å². The fourth-order valence-electron chi connectivity index (χ4n) is 4.18. The molecule has 1 saturated heterocycles. The van der Waals surface area contributed by atoms with Crippen LogP contribution in [0.3, 0.4) is 0 Å². The third-order valence-corrected chi connectivity index (χ3v) is 6.54. The zero-order valence-electron chi connectivity index (χ0n) is 17.0. The Bertz CT molecular complexity index is 1130. The van der Waals surface area contributed by atoms with E-state index >= 15 is 0 Å². The molecule has 2 aromatic carbocycles. The predicted octanol–water partition coefficient (Wildman–Crippen LogP) is 4.43. The molecule has 0 aliphatic carbocycles. The van der Waals surface area contributed by atoms with Gasteiger partial charge in [0.1, 0.15) is 28.8 Å². The Kier molecular flexibility index (Phi) is 5.76. The summed E-state index contributed by atoms with van der Waals surface area (Å²) in [5.41, 5.74) is -1.25. The number of carbonyl (C=O) groups is 2. The average molecular weight is 510 g/mol. The van der Waals surface area contributed by atoms with Gasteiger partial charge in [0.15, 0.2) is 0 Å². The molecule has 1 fully saturated rings. The first kappa shape index (κ1) is 22.3. The molecule has 10 heteroatoms. The van der Waals surface area contributed by atoms with Crippen LogP contribution < -0.4 is 5.32 Å². The Labute approximate surface area is 190 Å². The van der Waals surface area contributed by atoms with E-state index in [1.807, 2.05) is 0 Å². The van der Waals surface area contributed by atoms with E-state index in [1.54, 1.807) is 18.0 Å². The number of hydrogen-bond donors (Lipinski definition) is 2. The van der Waals surface area contributed by atoms with Crippen LogP contribution in [0.4, 0.5) is 18.9 Å². The van der Waals surface area contributed by atoms with Gasteiger partial charge in [-0.1, -0.05) is 12.1 Å². The van der Waals surface area contributed by atoms with Crippen molar-refractivity contribution < 1.29 is 27.9 Å². The highest BCUT2D eigenvalue weighted by Crippen LogP contribution is 2.41. The number of rotatable bonds is 4. The molecular formula is C22H19BrF3N3O3. The maximum Gasteiger partial charge on any atom is 0.277 e. The number of halogens is 4. The number of amides is 2. The van der Waals surface area contributed by atoms with Crippen LogP contribution in [-0.2, 0) is 16.1 Å². The van der Waals surface area contributed by atoms with E-state index in [0.29, 0.717) is 24.9 Å². The van der Waals surface area contributed by atoms with Crippen molar-refractivity contribution in [2.75, 3.05) is 11.9 Å². The van der Waals surface area contributed by atoms with Crippen LogP contribution in [0.5, 0.6) is 0 Å². The third-order valence-electron chi connectivity index (χ3n) is 5.78. The zero-order chi connectivity index (χ0) is 23.2.